The van der Waals surface area contributed by atoms with E-state index in [0.29, 0.717) is 12.1 Å². The standard InChI is InChI=1S/C13H14N2O4S/c1-2-9-20(18,19)12-6-4-3-5-11(12)15-8-7-10(14-15)13(16)17/h3-8H,2,9H2,1H3,(H,16,17). The molecule has 0 saturated heterocycles. The van der Waals surface area contributed by atoms with Gasteiger partial charge >= 0.3 is 5.97 Å². The summed E-state index contributed by atoms with van der Waals surface area (Å²) in [7, 11) is -3.41. The molecule has 2 aromatic rings. The van der Waals surface area contributed by atoms with Gasteiger partial charge in [-0.3, -0.25) is 0 Å². The molecule has 2 rings (SSSR count). The van der Waals surface area contributed by atoms with Gasteiger partial charge in [0.2, 0.25) is 0 Å². The van der Waals surface area contributed by atoms with Crippen molar-refractivity contribution in [2.75, 3.05) is 5.75 Å². The maximum atomic E-state index is 12.2. The zero-order chi connectivity index (χ0) is 14.8. The number of sulfone groups is 1. The molecule has 106 valence electrons. The quantitative estimate of drug-likeness (QED) is 0.907. The summed E-state index contributed by atoms with van der Waals surface area (Å²) in [5, 5.41) is 12.7. The van der Waals surface area contributed by atoms with E-state index >= 15 is 0 Å². The smallest absolute Gasteiger partial charge is 0.356 e. The molecule has 0 spiro atoms. The topological polar surface area (TPSA) is 89.3 Å². The Morgan fingerprint density at radius 3 is 2.60 bits per heavy atom. The number of nitrogens with zero attached hydrogens (tertiary/aromatic N) is 2. The normalized spacial score (nSPS) is 11.4. The van der Waals surface area contributed by atoms with Gasteiger partial charge < -0.3 is 5.11 Å². The lowest BCUT2D eigenvalue weighted by Crippen LogP contribution is -2.11. The maximum absolute atomic E-state index is 12.2. The van der Waals surface area contributed by atoms with Gasteiger partial charge in [-0.15, -0.1) is 0 Å². The average molecular weight is 294 g/mol. The summed E-state index contributed by atoms with van der Waals surface area (Å²) in [6.07, 6.45) is 1.94. The average Bonchev–Trinajstić information content (AvgIpc) is 2.88. The summed E-state index contributed by atoms with van der Waals surface area (Å²) < 4.78 is 25.7. The Morgan fingerprint density at radius 1 is 1.30 bits per heavy atom. The zero-order valence-corrected chi connectivity index (χ0v) is 11.7. The van der Waals surface area contributed by atoms with Crippen LogP contribution in [0.4, 0.5) is 0 Å². The predicted octanol–water partition coefficient (Wildman–Crippen LogP) is 1.75. The molecule has 0 aliphatic carbocycles. The van der Waals surface area contributed by atoms with Crippen LogP contribution in [-0.2, 0) is 9.84 Å². The van der Waals surface area contributed by atoms with Crippen molar-refractivity contribution in [3.05, 3.63) is 42.2 Å². The number of aromatic nitrogens is 2. The van der Waals surface area contributed by atoms with Crippen molar-refractivity contribution in [1.82, 2.24) is 9.78 Å². The van der Waals surface area contributed by atoms with Crippen LogP contribution in [-0.4, -0.2) is 35.0 Å². The fraction of sp³-hybridized carbons (Fsp3) is 0.231. The molecule has 1 aromatic carbocycles. The van der Waals surface area contributed by atoms with Crippen LogP contribution in [0.15, 0.2) is 41.4 Å². The Labute approximate surface area is 116 Å². The molecule has 6 nitrogen and oxygen atoms in total. The summed E-state index contributed by atoms with van der Waals surface area (Å²) in [6.45, 7) is 1.79. The van der Waals surface area contributed by atoms with Crippen LogP contribution in [0.3, 0.4) is 0 Å². The molecule has 0 aliphatic heterocycles. The van der Waals surface area contributed by atoms with Crippen molar-refractivity contribution in [1.29, 1.82) is 0 Å². The van der Waals surface area contributed by atoms with Crippen molar-refractivity contribution in [3.8, 4) is 5.69 Å². The number of hydrogen-bond donors (Lipinski definition) is 1. The maximum Gasteiger partial charge on any atom is 0.356 e. The molecule has 0 amide bonds. The van der Waals surface area contributed by atoms with Gasteiger partial charge in [0, 0.05) is 6.20 Å². The Bertz CT molecular complexity index is 734. The number of carboxylic acids is 1. The van der Waals surface area contributed by atoms with Crippen LogP contribution >= 0.6 is 0 Å². The number of benzene rings is 1. The largest absolute Gasteiger partial charge is 0.476 e. The lowest BCUT2D eigenvalue weighted by atomic mass is 10.3. The van der Waals surface area contributed by atoms with Crippen LogP contribution in [0.2, 0.25) is 0 Å². The Balaban J connectivity index is 2.55. The third-order valence-electron chi connectivity index (χ3n) is 2.73. The molecular weight excluding hydrogens is 280 g/mol. The lowest BCUT2D eigenvalue weighted by molar-refractivity contribution is 0.0690. The highest BCUT2D eigenvalue weighted by atomic mass is 32.2. The Morgan fingerprint density at radius 2 is 2.00 bits per heavy atom. The van der Waals surface area contributed by atoms with Crippen LogP contribution in [0, 0.1) is 0 Å². The minimum absolute atomic E-state index is 0.0388. The van der Waals surface area contributed by atoms with Crippen LogP contribution in [0.5, 0.6) is 0 Å². The minimum atomic E-state index is -3.41. The first-order chi connectivity index (χ1) is 9.45. The van der Waals surface area contributed by atoms with E-state index in [0.717, 1.165) is 0 Å². The molecule has 0 fully saturated rings. The van der Waals surface area contributed by atoms with E-state index < -0.39 is 15.8 Å². The number of hydrogen-bond acceptors (Lipinski definition) is 4. The van der Waals surface area contributed by atoms with Gasteiger partial charge in [-0.25, -0.2) is 17.9 Å². The molecule has 0 saturated carbocycles. The van der Waals surface area contributed by atoms with E-state index in [4.69, 9.17) is 5.11 Å². The van der Waals surface area contributed by atoms with Crippen molar-refractivity contribution in [2.24, 2.45) is 0 Å². The Kier molecular flexibility index (Phi) is 3.89. The molecule has 0 aliphatic rings. The number of carbonyl (C=O) groups is 1. The molecule has 0 unspecified atom stereocenters. The van der Waals surface area contributed by atoms with E-state index in [1.54, 1.807) is 25.1 Å². The summed E-state index contributed by atoms with van der Waals surface area (Å²) in [5.41, 5.74) is 0.223. The zero-order valence-electron chi connectivity index (χ0n) is 10.9. The molecule has 0 atom stereocenters. The third-order valence-corrected chi connectivity index (χ3v) is 4.69. The highest BCUT2D eigenvalue weighted by molar-refractivity contribution is 7.91. The van der Waals surface area contributed by atoms with Gasteiger partial charge in [0.1, 0.15) is 0 Å². The fourth-order valence-electron chi connectivity index (χ4n) is 1.86. The Hall–Kier alpha value is -2.15. The van der Waals surface area contributed by atoms with Gasteiger partial charge in [-0.2, -0.15) is 5.10 Å². The first kappa shape index (κ1) is 14.3. The molecule has 0 radical (unpaired) electrons. The molecule has 1 N–H and O–H groups in total. The number of rotatable bonds is 5. The third kappa shape index (κ3) is 2.72. The predicted molar refractivity (Wildman–Crippen MR) is 72.9 cm³/mol. The summed E-state index contributed by atoms with van der Waals surface area (Å²) >= 11 is 0. The van der Waals surface area contributed by atoms with Crippen molar-refractivity contribution < 1.29 is 18.3 Å². The highest BCUT2D eigenvalue weighted by Gasteiger charge is 2.19. The molecule has 0 bridgehead atoms. The van der Waals surface area contributed by atoms with Gasteiger partial charge in [0.15, 0.2) is 15.5 Å². The van der Waals surface area contributed by atoms with E-state index in [1.807, 2.05) is 0 Å². The number of aromatic carboxylic acids is 1. The van der Waals surface area contributed by atoms with E-state index in [2.05, 4.69) is 5.10 Å². The monoisotopic (exact) mass is 294 g/mol. The molecular formula is C13H14N2O4S. The first-order valence-corrected chi connectivity index (χ1v) is 7.72. The fourth-order valence-corrected chi connectivity index (χ4v) is 3.38. The van der Waals surface area contributed by atoms with Gasteiger partial charge in [0.05, 0.1) is 16.3 Å². The van der Waals surface area contributed by atoms with Gasteiger partial charge in [0.25, 0.3) is 0 Å². The highest BCUT2D eigenvalue weighted by Crippen LogP contribution is 2.21. The molecule has 20 heavy (non-hydrogen) atoms. The first-order valence-electron chi connectivity index (χ1n) is 6.07. The summed E-state index contributed by atoms with van der Waals surface area (Å²) in [6, 6.07) is 7.74. The minimum Gasteiger partial charge on any atom is -0.476 e. The van der Waals surface area contributed by atoms with Crippen LogP contribution < -0.4 is 0 Å². The van der Waals surface area contributed by atoms with Gasteiger partial charge in [-0.1, -0.05) is 19.1 Å². The van der Waals surface area contributed by atoms with Crippen LogP contribution in [0.1, 0.15) is 23.8 Å². The van der Waals surface area contributed by atoms with Crippen molar-refractivity contribution in [3.63, 3.8) is 0 Å². The molecule has 1 aromatic heterocycles. The molecule has 7 heteroatoms. The van der Waals surface area contributed by atoms with Gasteiger partial charge in [-0.05, 0) is 24.6 Å². The summed E-state index contributed by atoms with van der Waals surface area (Å²) in [4.78, 5) is 11.0. The second-order valence-electron chi connectivity index (χ2n) is 4.24. The summed E-state index contributed by atoms with van der Waals surface area (Å²) in [5.74, 6) is -1.12. The second kappa shape index (κ2) is 5.46. The van der Waals surface area contributed by atoms with E-state index in [9.17, 15) is 13.2 Å². The van der Waals surface area contributed by atoms with Crippen molar-refractivity contribution >= 4 is 15.8 Å². The van der Waals surface area contributed by atoms with Crippen molar-refractivity contribution in [2.45, 2.75) is 18.2 Å². The second-order valence-corrected chi connectivity index (χ2v) is 6.31. The van der Waals surface area contributed by atoms with E-state index in [1.165, 1.54) is 23.0 Å². The van der Waals surface area contributed by atoms with Crippen LogP contribution in [0.25, 0.3) is 5.69 Å². The lowest BCUT2D eigenvalue weighted by Gasteiger charge is -2.09. The van der Waals surface area contributed by atoms with E-state index in [-0.39, 0.29) is 16.3 Å². The number of carboxylic acid groups (broad SMARTS) is 1. The molecule has 1 heterocycles. The number of para-hydroxylation sites is 1. The SMILES string of the molecule is CCCS(=O)(=O)c1ccccc1-n1ccc(C(=O)O)n1.